The molecule has 0 atom stereocenters. The van der Waals surface area contributed by atoms with Crippen LogP contribution in [0.25, 0.3) is 16.6 Å². The van der Waals surface area contributed by atoms with Crippen molar-refractivity contribution in [1.29, 1.82) is 0 Å². The summed E-state index contributed by atoms with van der Waals surface area (Å²) in [5.74, 6) is 0.695. The van der Waals surface area contributed by atoms with Crippen LogP contribution < -0.4 is 10.9 Å². The van der Waals surface area contributed by atoms with Crippen molar-refractivity contribution in [2.24, 2.45) is 0 Å². The summed E-state index contributed by atoms with van der Waals surface area (Å²) in [4.78, 5) is 31.0. The third-order valence-electron chi connectivity index (χ3n) is 5.75. The minimum atomic E-state index is -0.143. The molecule has 3 aromatic carbocycles. The summed E-state index contributed by atoms with van der Waals surface area (Å²) in [5.41, 5.74) is 4.32. The standard InChI is InChI=1S/C28H29N3O2S/c1-18(2)20-13-15-21(16-14-20)31-27(33)23-10-6-8-12-25(23)30-28(31)34-17-26(32)29-24-11-7-5-9-22(24)19(3)4/h5-16,18-19H,17H2,1-4H3,(H,29,32). The Balaban J connectivity index is 1.66. The third kappa shape index (κ3) is 5.07. The van der Waals surface area contributed by atoms with Crippen LogP contribution in [0.4, 0.5) is 5.69 Å². The van der Waals surface area contributed by atoms with Gasteiger partial charge in [-0.2, -0.15) is 0 Å². The molecule has 0 radical (unpaired) electrons. The zero-order valence-corrected chi connectivity index (χ0v) is 20.7. The highest BCUT2D eigenvalue weighted by atomic mass is 32.2. The molecular formula is C28H29N3O2S. The number of nitrogens with zero attached hydrogens (tertiary/aromatic N) is 2. The van der Waals surface area contributed by atoms with E-state index in [-0.39, 0.29) is 17.2 Å². The maximum atomic E-state index is 13.4. The molecule has 4 rings (SSSR count). The predicted molar refractivity (Wildman–Crippen MR) is 141 cm³/mol. The van der Waals surface area contributed by atoms with Crippen LogP contribution in [0.3, 0.4) is 0 Å². The molecule has 0 bridgehead atoms. The molecule has 1 N–H and O–H groups in total. The highest BCUT2D eigenvalue weighted by molar-refractivity contribution is 7.99. The van der Waals surface area contributed by atoms with E-state index in [4.69, 9.17) is 4.98 Å². The highest BCUT2D eigenvalue weighted by Gasteiger charge is 2.16. The van der Waals surface area contributed by atoms with E-state index in [0.717, 1.165) is 16.9 Å². The molecule has 0 spiro atoms. The summed E-state index contributed by atoms with van der Waals surface area (Å²) in [6.07, 6.45) is 0. The Morgan fingerprint density at radius 3 is 2.29 bits per heavy atom. The number of benzene rings is 3. The zero-order valence-electron chi connectivity index (χ0n) is 19.9. The fraction of sp³-hybridized carbons (Fsp3) is 0.250. The molecule has 4 aromatic rings. The minimum absolute atomic E-state index is 0.137. The van der Waals surface area contributed by atoms with Crippen LogP contribution >= 0.6 is 11.8 Å². The summed E-state index contributed by atoms with van der Waals surface area (Å²) < 4.78 is 1.60. The SMILES string of the molecule is CC(C)c1ccc(-n2c(SCC(=O)Nc3ccccc3C(C)C)nc3ccccc3c2=O)cc1. The molecule has 1 heterocycles. The summed E-state index contributed by atoms with van der Waals surface area (Å²) in [6, 6.07) is 23.1. The lowest BCUT2D eigenvalue weighted by Crippen LogP contribution is -2.23. The van der Waals surface area contributed by atoms with Gasteiger partial charge in [0.15, 0.2) is 5.16 Å². The van der Waals surface area contributed by atoms with Crippen LogP contribution in [0.15, 0.2) is 82.7 Å². The van der Waals surface area contributed by atoms with Crippen molar-refractivity contribution in [2.75, 3.05) is 11.1 Å². The van der Waals surface area contributed by atoms with Gasteiger partial charge in [0, 0.05) is 5.69 Å². The van der Waals surface area contributed by atoms with Crippen molar-refractivity contribution < 1.29 is 4.79 Å². The molecule has 0 fully saturated rings. The van der Waals surface area contributed by atoms with Gasteiger partial charge in [0.1, 0.15) is 0 Å². The summed E-state index contributed by atoms with van der Waals surface area (Å²) >= 11 is 1.26. The number of amides is 1. The number of hydrogen-bond donors (Lipinski definition) is 1. The van der Waals surface area contributed by atoms with E-state index in [9.17, 15) is 9.59 Å². The first-order chi connectivity index (χ1) is 16.3. The highest BCUT2D eigenvalue weighted by Crippen LogP contribution is 2.26. The van der Waals surface area contributed by atoms with Crippen molar-refractivity contribution >= 4 is 34.3 Å². The monoisotopic (exact) mass is 471 g/mol. The van der Waals surface area contributed by atoms with E-state index in [0.29, 0.717) is 27.9 Å². The number of nitrogens with one attached hydrogen (secondary N) is 1. The second kappa shape index (κ2) is 10.3. The van der Waals surface area contributed by atoms with Crippen molar-refractivity contribution in [1.82, 2.24) is 9.55 Å². The van der Waals surface area contributed by atoms with Gasteiger partial charge in [-0.1, -0.05) is 81.9 Å². The Morgan fingerprint density at radius 2 is 1.59 bits per heavy atom. The number of rotatable bonds is 7. The van der Waals surface area contributed by atoms with E-state index < -0.39 is 0 Å². The predicted octanol–water partition coefficient (Wildman–Crippen LogP) is 6.36. The van der Waals surface area contributed by atoms with Crippen LogP contribution in [0.5, 0.6) is 0 Å². The Labute approximate surface area is 204 Å². The minimum Gasteiger partial charge on any atom is -0.325 e. The smallest absolute Gasteiger partial charge is 0.266 e. The summed E-state index contributed by atoms with van der Waals surface area (Å²) in [7, 11) is 0. The van der Waals surface area contributed by atoms with E-state index >= 15 is 0 Å². The quantitative estimate of drug-likeness (QED) is 0.251. The van der Waals surface area contributed by atoms with Gasteiger partial charge in [-0.3, -0.25) is 14.2 Å². The van der Waals surface area contributed by atoms with E-state index in [1.54, 1.807) is 10.6 Å². The molecular weight excluding hydrogens is 442 g/mol. The molecule has 1 aromatic heterocycles. The normalized spacial score (nSPS) is 11.4. The van der Waals surface area contributed by atoms with Gasteiger partial charge in [-0.05, 0) is 53.3 Å². The Morgan fingerprint density at radius 1 is 0.912 bits per heavy atom. The number of anilines is 1. The zero-order chi connectivity index (χ0) is 24.2. The number of hydrogen-bond acceptors (Lipinski definition) is 4. The first-order valence-electron chi connectivity index (χ1n) is 11.5. The lowest BCUT2D eigenvalue weighted by molar-refractivity contribution is -0.113. The van der Waals surface area contributed by atoms with Crippen LogP contribution in [0.1, 0.15) is 50.7 Å². The third-order valence-corrected chi connectivity index (χ3v) is 6.69. The fourth-order valence-electron chi connectivity index (χ4n) is 3.88. The van der Waals surface area contributed by atoms with Gasteiger partial charge in [0.05, 0.1) is 22.3 Å². The van der Waals surface area contributed by atoms with Crippen molar-refractivity contribution in [3.8, 4) is 5.69 Å². The number of thioether (sulfide) groups is 1. The van der Waals surface area contributed by atoms with Gasteiger partial charge in [0.2, 0.25) is 5.91 Å². The fourth-order valence-corrected chi connectivity index (χ4v) is 4.69. The number of carbonyl (C=O) groups excluding carboxylic acids is 1. The average molecular weight is 472 g/mol. The van der Waals surface area contributed by atoms with Crippen LogP contribution in [-0.2, 0) is 4.79 Å². The topological polar surface area (TPSA) is 64.0 Å². The molecule has 0 aliphatic carbocycles. The van der Waals surface area contributed by atoms with Gasteiger partial charge in [-0.15, -0.1) is 0 Å². The van der Waals surface area contributed by atoms with Crippen LogP contribution in [0.2, 0.25) is 0 Å². The number of para-hydroxylation sites is 2. The Kier molecular flexibility index (Phi) is 7.17. The molecule has 6 heteroatoms. The van der Waals surface area contributed by atoms with Gasteiger partial charge in [0.25, 0.3) is 5.56 Å². The Hall–Kier alpha value is -3.38. The van der Waals surface area contributed by atoms with Crippen LogP contribution in [-0.4, -0.2) is 21.2 Å². The lowest BCUT2D eigenvalue weighted by atomic mass is 10.0. The van der Waals surface area contributed by atoms with Gasteiger partial charge in [-0.25, -0.2) is 4.98 Å². The molecule has 0 aliphatic heterocycles. The summed E-state index contributed by atoms with van der Waals surface area (Å²) in [5, 5.41) is 4.06. The molecule has 0 unspecified atom stereocenters. The van der Waals surface area contributed by atoms with E-state index in [1.807, 2.05) is 66.7 Å². The average Bonchev–Trinajstić information content (AvgIpc) is 2.83. The molecule has 0 saturated carbocycles. The number of fused-ring (bicyclic) bond motifs is 1. The maximum absolute atomic E-state index is 13.4. The van der Waals surface area contributed by atoms with Crippen molar-refractivity contribution in [3.63, 3.8) is 0 Å². The second-order valence-electron chi connectivity index (χ2n) is 8.88. The van der Waals surface area contributed by atoms with Crippen LogP contribution in [0, 0.1) is 0 Å². The number of aromatic nitrogens is 2. The first kappa shape index (κ1) is 23.8. The largest absolute Gasteiger partial charge is 0.325 e. The molecule has 1 amide bonds. The molecule has 174 valence electrons. The van der Waals surface area contributed by atoms with Gasteiger partial charge < -0.3 is 5.32 Å². The lowest BCUT2D eigenvalue weighted by Gasteiger charge is -2.15. The maximum Gasteiger partial charge on any atom is 0.266 e. The van der Waals surface area contributed by atoms with Gasteiger partial charge >= 0.3 is 0 Å². The van der Waals surface area contributed by atoms with E-state index in [2.05, 4.69) is 33.0 Å². The van der Waals surface area contributed by atoms with Crippen molar-refractivity contribution in [3.05, 3.63) is 94.3 Å². The molecule has 0 aliphatic rings. The Bertz CT molecular complexity index is 1370. The van der Waals surface area contributed by atoms with Crippen molar-refractivity contribution in [2.45, 2.75) is 44.7 Å². The first-order valence-corrected chi connectivity index (χ1v) is 12.5. The molecule has 5 nitrogen and oxygen atoms in total. The summed E-state index contributed by atoms with van der Waals surface area (Å²) in [6.45, 7) is 8.47. The number of carbonyl (C=O) groups is 1. The molecule has 34 heavy (non-hydrogen) atoms. The molecule has 0 saturated heterocycles. The van der Waals surface area contributed by atoms with E-state index in [1.165, 1.54) is 17.3 Å². The second-order valence-corrected chi connectivity index (χ2v) is 9.82.